The van der Waals surface area contributed by atoms with Gasteiger partial charge in [-0.25, -0.2) is 0 Å². The molecule has 3 N–H and O–H groups in total. The molecule has 0 saturated heterocycles. The molecule has 0 radical (unpaired) electrons. The van der Waals surface area contributed by atoms with Gasteiger partial charge in [-0.2, -0.15) is 0 Å². The van der Waals surface area contributed by atoms with Crippen LogP contribution in [-0.4, -0.2) is 24.4 Å². The van der Waals surface area contributed by atoms with Crippen LogP contribution in [0.2, 0.25) is 0 Å². The second-order valence-corrected chi connectivity index (χ2v) is 8.04. The molecule has 1 atom stereocenters. The van der Waals surface area contributed by atoms with Gasteiger partial charge in [0.25, 0.3) is 5.91 Å². The zero-order valence-corrected chi connectivity index (χ0v) is 17.5. The number of para-hydroxylation sites is 1. The Morgan fingerprint density at radius 3 is 2.34 bits per heavy atom. The highest BCUT2D eigenvalue weighted by Gasteiger charge is 2.25. The summed E-state index contributed by atoms with van der Waals surface area (Å²) in [6, 6.07) is 16.0. The highest BCUT2D eigenvalue weighted by molar-refractivity contribution is 6.04. The smallest absolute Gasteiger partial charge is 0.253 e. The minimum atomic E-state index is -0.160. The molecule has 2 aromatic carbocycles. The predicted molar refractivity (Wildman–Crippen MR) is 117 cm³/mol. The first-order chi connectivity index (χ1) is 14.0. The van der Waals surface area contributed by atoms with Gasteiger partial charge in [0.2, 0.25) is 5.91 Å². The Hall–Kier alpha value is -2.66. The number of carbonyl (C=O) groups excluding carboxylic acids is 2. The molecule has 0 aliphatic heterocycles. The summed E-state index contributed by atoms with van der Waals surface area (Å²) in [5.74, 6) is 0.0480. The molecule has 0 heterocycles. The van der Waals surface area contributed by atoms with E-state index in [2.05, 4.69) is 61.0 Å². The van der Waals surface area contributed by atoms with Gasteiger partial charge >= 0.3 is 0 Å². The van der Waals surface area contributed by atoms with Crippen LogP contribution in [-0.2, 0) is 11.2 Å². The lowest BCUT2D eigenvalue weighted by Gasteiger charge is -2.23. The van der Waals surface area contributed by atoms with Gasteiger partial charge in [-0.15, -0.1) is 0 Å². The molecule has 2 amide bonds. The number of hydrogen-bond donors (Lipinski definition) is 3. The number of carbonyl (C=O) groups is 2. The average molecular weight is 394 g/mol. The number of anilines is 1. The number of nitrogens with one attached hydrogen (secondary N) is 3. The summed E-state index contributed by atoms with van der Waals surface area (Å²) < 4.78 is 0. The van der Waals surface area contributed by atoms with Gasteiger partial charge < -0.3 is 16.0 Å². The van der Waals surface area contributed by atoms with E-state index in [4.69, 9.17) is 0 Å². The van der Waals surface area contributed by atoms with Crippen LogP contribution in [0.4, 0.5) is 5.69 Å². The third-order valence-corrected chi connectivity index (χ3v) is 5.25. The Balaban J connectivity index is 1.61. The third kappa shape index (κ3) is 5.91. The second kappa shape index (κ2) is 9.70. The van der Waals surface area contributed by atoms with E-state index in [0.717, 1.165) is 19.3 Å². The van der Waals surface area contributed by atoms with E-state index in [9.17, 15) is 9.59 Å². The lowest BCUT2D eigenvalue weighted by atomic mass is 9.95. The van der Waals surface area contributed by atoms with Crippen molar-refractivity contribution in [2.45, 2.75) is 52.1 Å². The normalized spacial score (nSPS) is 14.5. The fourth-order valence-corrected chi connectivity index (χ4v) is 3.38. The SMILES string of the molecule is CCc1ccc(C(NCC(=O)Nc2ccccc2C(=O)NC2CC2)C(C)C)cc1. The highest BCUT2D eigenvalue weighted by Crippen LogP contribution is 2.23. The van der Waals surface area contributed by atoms with Crippen LogP contribution in [0.5, 0.6) is 0 Å². The van der Waals surface area contributed by atoms with Gasteiger partial charge in [-0.3, -0.25) is 9.59 Å². The van der Waals surface area contributed by atoms with Crippen LogP contribution >= 0.6 is 0 Å². The Labute approximate surface area is 173 Å². The van der Waals surface area contributed by atoms with Gasteiger partial charge in [-0.1, -0.05) is 57.2 Å². The first-order valence-corrected chi connectivity index (χ1v) is 10.5. The van der Waals surface area contributed by atoms with Crippen molar-refractivity contribution in [3.8, 4) is 0 Å². The minimum Gasteiger partial charge on any atom is -0.349 e. The van der Waals surface area contributed by atoms with E-state index >= 15 is 0 Å². The molecular formula is C24H31N3O2. The van der Waals surface area contributed by atoms with Crippen LogP contribution in [0.25, 0.3) is 0 Å². The molecule has 1 fully saturated rings. The lowest BCUT2D eigenvalue weighted by molar-refractivity contribution is -0.115. The Morgan fingerprint density at radius 2 is 1.72 bits per heavy atom. The third-order valence-electron chi connectivity index (χ3n) is 5.25. The van der Waals surface area contributed by atoms with Crippen LogP contribution in [0.15, 0.2) is 48.5 Å². The average Bonchev–Trinajstić information content (AvgIpc) is 3.52. The Bertz CT molecular complexity index is 841. The molecule has 1 unspecified atom stereocenters. The minimum absolute atomic E-state index is 0.0834. The summed E-state index contributed by atoms with van der Waals surface area (Å²) in [4.78, 5) is 25.0. The van der Waals surface area contributed by atoms with Crippen molar-refractivity contribution in [3.63, 3.8) is 0 Å². The standard InChI is InChI=1S/C24H31N3O2/c1-4-17-9-11-18(12-10-17)23(16(2)3)25-15-22(28)27-21-8-6-5-7-20(21)24(29)26-19-13-14-19/h5-12,16,19,23,25H,4,13-15H2,1-3H3,(H,26,29)(H,27,28). The maximum Gasteiger partial charge on any atom is 0.253 e. The molecule has 1 aliphatic rings. The molecule has 154 valence electrons. The van der Waals surface area contributed by atoms with Gasteiger partial charge in [0.1, 0.15) is 0 Å². The van der Waals surface area contributed by atoms with Crippen molar-refractivity contribution in [3.05, 3.63) is 65.2 Å². The van der Waals surface area contributed by atoms with E-state index in [1.165, 1.54) is 11.1 Å². The quantitative estimate of drug-likeness (QED) is 0.601. The predicted octanol–water partition coefficient (Wildman–Crippen LogP) is 4.07. The maximum absolute atomic E-state index is 12.6. The summed E-state index contributed by atoms with van der Waals surface area (Å²) >= 11 is 0. The van der Waals surface area contributed by atoms with Crippen LogP contribution in [0, 0.1) is 5.92 Å². The number of benzene rings is 2. The zero-order valence-electron chi connectivity index (χ0n) is 17.5. The second-order valence-electron chi connectivity index (χ2n) is 8.04. The van der Waals surface area contributed by atoms with Crippen LogP contribution in [0.3, 0.4) is 0 Å². The molecule has 1 aliphatic carbocycles. The van der Waals surface area contributed by atoms with E-state index in [0.29, 0.717) is 17.2 Å². The largest absolute Gasteiger partial charge is 0.349 e. The first kappa shape index (κ1) is 21.1. The van der Waals surface area contributed by atoms with E-state index in [1.807, 2.05) is 12.1 Å². The summed E-state index contributed by atoms with van der Waals surface area (Å²) in [5.41, 5.74) is 3.53. The molecule has 5 heteroatoms. The molecule has 0 bridgehead atoms. The monoisotopic (exact) mass is 393 g/mol. The number of rotatable bonds is 9. The molecule has 0 spiro atoms. The van der Waals surface area contributed by atoms with Crippen LogP contribution < -0.4 is 16.0 Å². The molecule has 0 aromatic heterocycles. The Kier molecular flexibility index (Phi) is 7.04. The highest BCUT2D eigenvalue weighted by atomic mass is 16.2. The van der Waals surface area contributed by atoms with Crippen LogP contribution in [0.1, 0.15) is 61.1 Å². The van der Waals surface area contributed by atoms with E-state index < -0.39 is 0 Å². The summed E-state index contributed by atoms with van der Waals surface area (Å²) in [6.07, 6.45) is 3.07. The van der Waals surface area contributed by atoms with Crippen molar-refractivity contribution in [2.75, 3.05) is 11.9 Å². The molecule has 3 rings (SSSR count). The van der Waals surface area contributed by atoms with E-state index in [-0.39, 0.29) is 30.4 Å². The van der Waals surface area contributed by atoms with Gasteiger partial charge in [0.15, 0.2) is 0 Å². The maximum atomic E-state index is 12.6. The molecule has 5 nitrogen and oxygen atoms in total. The molecule has 1 saturated carbocycles. The molecule has 2 aromatic rings. The van der Waals surface area contributed by atoms with Gasteiger partial charge in [0, 0.05) is 12.1 Å². The number of aryl methyl sites for hydroxylation is 1. The summed E-state index contributed by atoms with van der Waals surface area (Å²) in [5, 5.41) is 9.23. The van der Waals surface area contributed by atoms with Crippen molar-refractivity contribution >= 4 is 17.5 Å². The number of hydrogen-bond acceptors (Lipinski definition) is 3. The van der Waals surface area contributed by atoms with E-state index in [1.54, 1.807) is 12.1 Å². The lowest BCUT2D eigenvalue weighted by Crippen LogP contribution is -2.34. The first-order valence-electron chi connectivity index (χ1n) is 10.5. The number of amides is 2. The summed E-state index contributed by atoms with van der Waals surface area (Å²) in [7, 11) is 0. The molecule has 29 heavy (non-hydrogen) atoms. The van der Waals surface area contributed by atoms with Gasteiger partial charge in [-0.05, 0) is 48.4 Å². The van der Waals surface area contributed by atoms with Crippen molar-refractivity contribution in [1.29, 1.82) is 0 Å². The fraction of sp³-hybridized carbons (Fsp3) is 0.417. The van der Waals surface area contributed by atoms with Crippen molar-refractivity contribution < 1.29 is 9.59 Å². The zero-order chi connectivity index (χ0) is 20.8. The van der Waals surface area contributed by atoms with Gasteiger partial charge in [0.05, 0.1) is 17.8 Å². The fourth-order valence-electron chi connectivity index (χ4n) is 3.38. The van der Waals surface area contributed by atoms with Crippen molar-refractivity contribution in [2.24, 2.45) is 5.92 Å². The Morgan fingerprint density at radius 1 is 1.03 bits per heavy atom. The van der Waals surface area contributed by atoms with Crippen molar-refractivity contribution in [1.82, 2.24) is 10.6 Å². The molecular weight excluding hydrogens is 362 g/mol. The summed E-state index contributed by atoms with van der Waals surface area (Å²) in [6.45, 7) is 6.60. The topological polar surface area (TPSA) is 70.2 Å².